The van der Waals surface area contributed by atoms with Crippen molar-refractivity contribution in [1.29, 1.82) is 0 Å². The zero-order chi connectivity index (χ0) is 14.4. The van der Waals surface area contributed by atoms with Crippen LogP contribution in [0.4, 0.5) is 4.39 Å². The fourth-order valence-corrected chi connectivity index (χ4v) is 1.46. The molecule has 0 bridgehead atoms. The maximum absolute atomic E-state index is 13.6. The van der Waals surface area contributed by atoms with Gasteiger partial charge in [-0.05, 0) is 38.0 Å². The summed E-state index contributed by atoms with van der Waals surface area (Å²) in [5, 5.41) is 12.0. The van der Waals surface area contributed by atoms with Crippen molar-refractivity contribution in [2.45, 2.75) is 39.3 Å². The van der Waals surface area contributed by atoms with Crippen LogP contribution in [0, 0.1) is 5.82 Å². The molecule has 0 fully saturated rings. The Morgan fingerprint density at radius 1 is 1.47 bits per heavy atom. The fraction of sp³-hybridized carbons (Fsp3) is 0.500. The first-order chi connectivity index (χ1) is 8.93. The van der Waals surface area contributed by atoms with E-state index < -0.39 is 11.9 Å². The van der Waals surface area contributed by atoms with Crippen molar-refractivity contribution >= 4 is 5.91 Å². The number of aliphatic hydroxyl groups is 1. The number of carbonyl (C=O) groups excluding carboxylic acids is 1. The van der Waals surface area contributed by atoms with Gasteiger partial charge in [0.05, 0.1) is 6.10 Å². The number of aliphatic hydroxyl groups excluding tert-OH is 1. The number of carbonyl (C=O) groups is 1. The van der Waals surface area contributed by atoms with Gasteiger partial charge in [-0.3, -0.25) is 4.79 Å². The molecule has 106 valence electrons. The molecule has 1 unspecified atom stereocenters. The molecule has 5 heteroatoms. The number of hydrogen-bond acceptors (Lipinski definition) is 3. The van der Waals surface area contributed by atoms with E-state index in [-0.39, 0.29) is 24.3 Å². The van der Waals surface area contributed by atoms with Crippen LogP contribution < -0.4 is 10.1 Å². The highest BCUT2D eigenvalue weighted by atomic mass is 19.1. The van der Waals surface area contributed by atoms with Gasteiger partial charge < -0.3 is 15.2 Å². The molecule has 1 rings (SSSR count). The van der Waals surface area contributed by atoms with Gasteiger partial charge in [-0.25, -0.2) is 4.39 Å². The molecule has 0 heterocycles. The average Bonchev–Trinajstić information content (AvgIpc) is 2.36. The molecule has 2 atom stereocenters. The van der Waals surface area contributed by atoms with E-state index >= 15 is 0 Å². The summed E-state index contributed by atoms with van der Waals surface area (Å²) in [4.78, 5) is 11.5. The van der Waals surface area contributed by atoms with Crippen LogP contribution in [0.2, 0.25) is 0 Å². The minimum Gasteiger partial charge on any atom is -0.481 e. The first-order valence-electron chi connectivity index (χ1n) is 6.33. The molecule has 1 amide bonds. The largest absolute Gasteiger partial charge is 0.481 e. The van der Waals surface area contributed by atoms with Gasteiger partial charge in [-0.1, -0.05) is 13.0 Å². The van der Waals surface area contributed by atoms with Crippen molar-refractivity contribution in [3.63, 3.8) is 0 Å². The van der Waals surface area contributed by atoms with Gasteiger partial charge in [0.25, 0.3) is 5.91 Å². The van der Waals surface area contributed by atoms with E-state index in [9.17, 15) is 14.3 Å². The summed E-state index contributed by atoms with van der Waals surface area (Å²) in [5.74, 6) is -0.869. The number of halogens is 1. The Morgan fingerprint density at radius 2 is 2.16 bits per heavy atom. The van der Waals surface area contributed by atoms with Gasteiger partial charge in [0.1, 0.15) is 0 Å². The highest BCUT2D eigenvalue weighted by molar-refractivity contribution is 5.77. The lowest BCUT2D eigenvalue weighted by atomic mass is 10.1. The fourth-order valence-electron chi connectivity index (χ4n) is 1.46. The van der Waals surface area contributed by atoms with Crippen molar-refractivity contribution in [2.24, 2.45) is 0 Å². The average molecular weight is 269 g/mol. The van der Waals surface area contributed by atoms with Gasteiger partial charge in [-0.2, -0.15) is 0 Å². The molecule has 0 aliphatic carbocycles. The number of ether oxygens (including phenoxy) is 1. The standard InChI is InChI=1S/C14H20FNO3/c1-4-9(2)16-14(18)8-19-13-6-5-11(10(3)17)7-12(13)15/h5-7,9-10,17H,4,8H2,1-3H3,(H,16,18)/t9?,10-/m1/s1. The molecule has 0 spiro atoms. The SMILES string of the molecule is CCC(C)NC(=O)COc1ccc([C@@H](C)O)cc1F. The van der Waals surface area contributed by atoms with Crippen molar-refractivity contribution in [3.8, 4) is 5.75 Å². The van der Waals surface area contributed by atoms with Crippen LogP contribution in [0.3, 0.4) is 0 Å². The van der Waals surface area contributed by atoms with Gasteiger partial charge in [0.2, 0.25) is 0 Å². The zero-order valence-electron chi connectivity index (χ0n) is 11.4. The molecule has 2 N–H and O–H groups in total. The van der Waals surface area contributed by atoms with E-state index in [1.54, 1.807) is 13.0 Å². The maximum atomic E-state index is 13.6. The summed E-state index contributed by atoms with van der Waals surface area (Å²) >= 11 is 0. The van der Waals surface area contributed by atoms with Gasteiger partial charge in [0, 0.05) is 6.04 Å². The topological polar surface area (TPSA) is 58.6 Å². The lowest BCUT2D eigenvalue weighted by molar-refractivity contribution is -0.123. The third kappa shape index (κ3) is 4.87. The Morgan fingerprint density at radius 3 is 2.68 bits per heavy atom. The van der Waals surface area contributed by atoms with E-state index in [2.05, 4.69) is 5.32 Å². The second-order valence-corrected chi connectivity index (χ2v) is 4.53. The van der Waals surface area contributed by atoms with Gasteiger partial charge >= 0.3 is 0 Å². The Labute approximate surface area is 112 Å². The van der Waals surface area contributed by atoms with Gasteiger partial charge in [-0.15, -0.1) is 0 Å². The summed E-state index contributed by atoms with van der Waals surface area (Å²) in [5.41, 5.74) is 0.467. The van der Waals surface area contributed by atoms with Crippen molar-refractivity contribution in [3.05, 3.63) is 29.6 Å². The molecule has 19 heavy (non-hydrogen) atoms. The van der Waals surface area contributed by atoms with Crippen molar-refractivity contribution in [1.82, 2.24) is 5.32 Å². The first kappa shape index (κ1) is 15.4. The van der Waals surface area contributed by atoms with Crippen molar-refractivity contribution < 1.29 is 19.0 Å². The molecule has 0 radical (unpaired) electrons. The maximum Gasteiger partial charge on any atom is 0.258 e. The van der Waals surface area contributed by atoms with Crippen LogP contribution in [-0.4, -0.2) is 23.7 Å². The lowest BCUT2D eigenvalue weighted by Crippen LogP contribution is -2.35. The molecule has 0 aliphatic rings. The highest BCUT2D eigenvalue weighted by Crippen LogP contribution is 2.21. The summed E-state index contributed by atoms with van der Waals surface area (Å²) < 4.78 is 18.7. The van der Waals surface area contributed by atoms with E-state index in [1.165, 1.54) is 12.1 Å². The summed E-state index contributed by atoms with van der Waals surface area (Å²) in [6.45, 7) is 5.17. The first-order valence-corrected chi connectivity index (χ1v) is 6.33. The molecule has 1 aromatic carbocycles. The Balaban J connectivity index is 2.56. The molecule has 4 nitrogen and oxygen atoms in total. The molecule has 0 aliphatic heterocycles. The van der Waals surface area contributed by atoms with E-state index in [4.69, 9.17) is 4.74 Å². The smallest absolute Gasteiger partial charge is 0.258 e. The predicted octanol–water partition coefficient (Wildman–Crippen LogP) is 2.17. The third-order valence-corrected chi connectivity index (χ3v) is 2.82. The monoisotopic (exact) mass is 269 g/mol. The minimum absolute atomic E-state index is 0.00343. The summed E-state index contributed by atoms with van der Waals surface area (Å²) in [6, 6.07) is 4.24. The third-order valence-electron chi connectivity index (χ3n) is 2.82. The Bertz CT molecular complexity index is 435. The quantitative estimate of drug-likeness (QED) is 0.832. The van der Waals surface area contributed by atoms with Gasteiger partial charge in [0.15, 0.2) is 18.2 Å². The Kier molecular flexibility index (Phi) is 5.76. The molecule has 1 aromatic rings. The number of amides is 1. The lowest BCUT2D eigenvalue weighted by Gasteiger charge is -2.13. The molecule has 0 aromatic heterocycles. The second-order valence-electron chi connectivity index (χ2n) is 4.53. The molecular formula is C14H20FNO3. The summed E-state index contributed by atoms with van der Waals surface area (Å²) in [6.07, 6.45) is 0.0840. The van der Waals surface area contributed by atoms with E-state index in [1.807, 2.05) is 13.8 Å². The van der Waals surface area contributed by atoms with Crippen LogP contribution in [0.1, 0.15) is 38.9 Å². The van der Waals surface area contributed by atoms with E-state index in [0.717, 1.165) is 6.42 Å². The normalized spacial score (nSPS) is 13.7. The van der Waals surface area contributed by atoms with Crippen LogP contribution in [0.25, 0.3) is 0 Å². The highest BCUT2D eigenvalue weighted by Gasteiger charge is 2.10. The van der Waals surface area contributed by atoms with Crippen LogP contribution in [0.15, 0.2) is 18.2 Å². The van der Waals surface area contributed by atoms with E-state index in [0.29, 0.717) is 5.56 Å². The number of nitrogens with one attached hydrogen (secondary N) is 1. The van der Waals surface area contributed by atoms with Crippen LogP contribution in [0.5, 0.6) is 5.75 Å². The molecule has 0 saturated heterocycles. The van der Waals surface area contributed by atoms with Crippen molar-refractivity contribution in [2.75, 3.05) is 6.61 Å². The minimum atomic E-state index is -0.739. The van der Waals surface area contributed by atoms with Crippen LogP contribution >= 0.6 is 0 Å². The predicted molar refractivity (Wildman–Crippen MR) is 70.4 cm³/mol. The number of rotatable bonds is 6. The number of hydrogen-bond donors (Lipinski definition) is 2. The number of benzene rings is 1. The summed E-state index contributed by atoms with van der Waals surface area (Å²) in [7, 11) is 0. The van der Waals surface area contributed by atoms with Crippen LogP contribution in [-0.2, 0) is 4.79 Å². The Hall–Kier alpha value is -1.62. The molecular weight excluding hydrogens is 249 g/mol. The molecule has 0 saturated carbocycles. The second kappa shape index (κ2) is 7.09. The zero-order valence-corrected chi connectivity index (χ0v) is 11.4.